The summed E-state index contributed by atoms with van der Waals surface area (Å²) in [6, 6.07) is -1.12. The zero-order valence-corrected chi connectivity index (χ0v) is 16.7. The van der Waals surface area contributed by atoms with Crippen LogP contribution in [0.1, 0.15) is 54.6 Å². The van der Waals surface area contributed by atoms with Crippen molar-refractivity contribution in [1.82, 2.24) is 14.8 Å². The fourth-order valence-electron chi connectivity index (χ4n) is 3.63. The highest BCUT2D eigenvalue weighted by Gasteiger charge is 2.43. The predicted molar refractivity (Wildman–Crippen MR) is 98.9 cm³/mol. The lowest BCUT2D eigenvalue weighted by Gasteiger charge is -2.20. The fraction of sp³-hybridized carbons (Fsp3) is 0.500. The third-order valence-corrected chi connectivity index (χ3v) is 6.03. The largest absolute Gasteiger partial charge is 0.438 e. The Morgan fingerprint density at radius 1 is 1.37 bits per heavy atom. The van der Waals surface area contributed by atoms with E-state index in [4.69, 9.17) is 0 Å². The van der Waals surface area contributed by atoms with Crippen molar-refractivity contribution in [2.45, 2.75) is 62.7 Å². The molecule has 0 aromatic carbocycles. The van der Waals surface area contributed by atoms with Crippen molar-refractivity contribution in [3.8, 4) is 0 Å². The normalized spacial score (nSPS) is 17.2. The van der Waals surface area contributed by atoms with E-state index in [0.29, 0.717) is 49.9 Å². The Balaban J connectivity index is 1.72. The van der Waals surface area contributed by atoms with Crippen LogP contribution in [0.2, 0.25) is 0 Å². The topological polar surface area (TPSA) is 89.2 Å². The number of hydrogen-bond acceptors (Lipinski definition) is 5. The van der Waals surface area contributed by atoms with Crippen LogP contribution < -0.4 is 5.32 Å². The Bertz CT molecular complexity index is 1100. The molecule has 12 heteroatoms. The molecule has 1 N–H and O–H groups in total. The van der Waals surface area contributed by atoms with Crippen LogP contribution in [0, 0.1) is 5.82 Å². The van der Waals surface area contributed by atoms with Crippen LogP contribution >= 0.6 is 0 Å². The zero-order chi connectivity index (χ0) is 21.6. The minimum absolute atomic E-state index is 0.0427. The monoisotopic (exact) mass is 444 g/mol. The molecule has 162 valence electrons. The first-order chi connectivity index (χ1) is 14.2. The maximum atomic E-state index is 13.9. The summed E-state index contributed by atoms with van der Waals surface area (Å²) in [6.07, 6.45) is -1.02. The number of halogens is 4. The maximum Gasteiger partial charge on any atom is 0.433 e. The molecule has 1 fully saturated rings. The van der Waals surface area contributed by atoms with Crippen molar-refractivity contribution in [3.63, 3.8) is 0 Å². The van der Waals surface area contributed by atoms with Gasteiger partial charge in [-0.1, -0.05) is 0 Å². The molecule has 2 aliphatic rings. The van der Waals surface area contributed by atoms with Gasteiger partial charge in [-0.05, 0) is 50.5 Å². The molecule has 2 aromatic heterocycles. The lowest BCUT2D eigenvalue weighted by molar-refractivity contribution is -0.141. The van der Waals surface area contributed by atoms with Gasteiger partial charge in [0.15, 0.2) is 0 Å². The lowest BCUT2D eigenvalue weighted by Crippen LogP contribution is -2.19. The molecule has 0 atom stereocenters. The van der Waals surface area contributed by atoms with Crippen molar-refractivity contribution in [2.24, 2.45) is 4.36 Å². The molecule has 2 heterocycles. The summed E-state index contributed by atoms with van der Waals surface area (Å²) in [7, 11) is -2.43. The van der Waals surface area contributed by atoms with Crippen molar-refractivity contribution in [2.75, 3.05) is 5.32 Å². The third kappa shape index (κ3) is 3.92. The number of amides is 2. The molecule has 0 unspecified atom stereocenters. The molecule has 2 amide bonds. The number of carbonyl (C=O) groups is 1. The number of rotatable bonds is 4. The highest BCUT2D eigenvalue weighted by atomic mass is 32.2. The van der Waals surface area contributed by atoms with Crippen LogP contribution in [0.15, 0.2) is 15.6 Å². The number of fused-ring (bicyclic) bond motifs is 1. The summed E-state index contributed by atoms with van der Waals surface area (Å²) in [5.41, 5.74) is -0.122. The summed E-state index contributed by atoms with van der Waals surface area (Å²) in [5, 5.41) is 5.64. The molecule has 0 bridgehead atoms. The molecule has 0 spiro atoms. The number of carbonyl (C=O) groups excluding carboxylic acids is 1. The molecule has 0 aliphatic heterocycles. The van der Waals surface area contributed by atoms with Gasteiger partial charge < -0.3 is 13.9 Å². The zero-order valence-electron chi connectivity index (χ0n) is 15.9. The minimum atomic E-state index is -4.66. The number of alkyl halides is 3. The van der Waals surface area contributed by atoms with E-state index < -0.39 is 39.3 Å². The molecule has 0 saturated heterocycles. The van der Waals surface area contributed by atoms with E-state index in [1.165, 1.54) is 4.68 Å². The van der Waals surface area contributed by atoms with Crippen LogP contribution in [0.4, 0.5) is 28.0 Å². The van der Waals surface area contributed by atoms with Gasteiger partial charge >= 0.3 is 12.2 Å². The number of anilines is 1. The summed E-state index contributed by atoms with van der Waals surface area (Å²) in [4.78, 5) is 16.3. The van der Waals surface area contributed by atoms with Gasteiger partial charge in [-0.3, -0.25) is 4.68 Å². The summed E-state index contributed by atoms with van der Waals surface area (Å²) in [6.45, 7) is 2.03. The first kappa shape index (κ1) is 20.8. The van der Waals surface area contributed by atoms with E-state index in [1.54, 1.807) is 6.92 Å². The van der Waals surface area contributed by atoms with Gasteiger partial charge in [-0.15, -0.1) is 10.6 Å². The standard InChI is InChI=1S/C18H18F4N5O2S/c1-2-27-8-11(19)16(25-27)30(29)26-17(28)24-14-10-4-3-5-12(10)23-15(18(20,21)22)13(14)9-6-7-9/h8-9H,2-7H2,1H3,(H,23,24,28)/q-1. The van der Waals surface area contributed by atoms with Crippen molar-refractivity contribution in [1.29, 1.82) is 0 Å². The first-order valence-electron chi connectivity index (χ1n) is 9.49. The molecular weight excluding hydrogens is 426 g/mol. The molecule has 2 aliphatic carbocycles. The van der Waals surface area contributed by atoms with E-state index in [-0.39, 0.29) is 17.2 Å². The smallest absolute Gasteiger partial charge is 0.433 e. The second kappa shape index (κ2) is 7.64. The van der Waals surface area contributed by atoms with Crippen LogP contribution in [0.3, 0.4) is 0 Å². The van der Waals surface area contributed by atoms with Crippen LogP contribution in [0.5, 0.6) is 0 Å². The van der Waals surface area contributed by atoms with Gasteiger partial charge in [-0.25, -0.2) is 14.2 Å². The van der Waals surface area contributed by atoms with Gasteiger partial charge in [0.1, 0.15) is 11.5 Å². The second-order valence-corrected chi connectivity index (χ2v) is 8.28. The van der Waals surface area contributed by atoms with Gasteiger partial charge in [0, 0.05) is 22.8 Å². The highest BCUT2D eigenvalue weighted by Crippen LogP contribution is 2.50. The SMILES string of the molecule is CCn1cc(F)c([S-](=O)=NC(=O)Nc2c3c(nc(C(F)(F)F)c2C2CC2)CCC3)n1. The molecule has 2 aromatic rings. The average Bonchev–Trinajstić information content (AvgIpc) is 3.26. The number of aryl methyl sites for hydroxylation is 2. The number of pyridine rings is 1. The van der Waals surface area contributed by atoms with Crippen LogP contribution in [-0.2, 0) is 40.4 Å². The molecule has 0 radical (unpaired) electrons. The van der Waals surface area contributed by atoms with E-state index in [2.05, 4.69) is 19.8 Å². The van der Waals surface area contributed by atoms with E-state index in [0.717, 1.165) is 6.20 Å². The summed E-state index contributed by atoms with van der Waals surface area (Å²) >= 11 is 0. The number of aromatic nitrogens is 3. The Kier molecular flexibility index (Phi) is 5.28. The molecule has 7 nitrogen and oxygen atoms in total. The summed E-state index contributed by atoms with van der Waals surface area (Å²) < 4.78 is 71.6. The Labute approximate surface area is 171 Å². The van der Waals surface area contributed by atoms with E-state index in [1.807, 2.05) is 0 Å². The number of urea groups is 1. The predicted octanol–water partition coefficient (Wildman–Crippen LogP) is 4.56. The molecule has 4 rings (SSSR count). The van der Waals surface area contributed by atoms with Crippen molar-refractivity contribution in [3.05, 3.63) is 34.5 Å². The molecule has 30 heavy (non-hydrogen) atoms. The van der Waals surface area contributed by atoms with Gasteiger partial charge in [-0.2, -0.15) is 18.3 Å². The Morgan fingerprint density at radius 2 is 2.10 bits per heavy atom. The Hall–Kier alpha value is -2.50. The van der Waals surface area contributed by atoms with Crippen molar-refractivity contribution < 1.29 is 26.6 Å². The lowest BCUT2D eigenvalue weighted by atomic mass is 10.00. The molecule has 1 saturated carbocycles. The van der Waals surface area contributed by atoms with Crippen molar-refractivity contribution >= 4 is 22.3 Å². The minimum Gasteiger partial charge on any atom is -0.438 e. The van der Waals surface area contributed by atoms with Gasteiger partial charge in [0.2, 0.25) is 0 Å². The van der Waals surface area contributed by atoms with Gasteiger partial charge in [0.05, 0.1) is 11.9 Å². The van der Waals surface area contributed by atoms with Gasteiger partial charge in [0.25, 0.3) is 0 Å². The average molecular weight is 444 g/mol. The highest BCUT2D eigenvalue weighted by molar-refractivity contribution is 7.75. The quantitative estimate of drug-likeness (QED) is 0.553. The number of nitrogens with zero attached hydrogens (tertiary/aromatic N) is 4. The van der Waals surface area contributed by atoms with Crippen LogP contribution in [-0.4, -0.2) is 20.8 Å². The maximum absolute atomic E-state index is 13.9. The third-order valence-electron chi connectivity index (χ3n) is 5.09. The summed E-state index contributed by atoms with van der Waals surface area (Å²) in [5.74, 6) is -1.23. The molecular formula is C18H18F4N5O2S-. The van der Waals surface area contributed by atoms with E-state index >= 15 is 0 Å². The number of hydrogen-bond donors (Lipinski definition) is 1. The second-order valence-electron chi connectivity index (χ2n) is 7.21. The first-order valence-corrected chi connectivity index (χ1v) is 10.6. The Morgan fingerprint density at radius 3 is 2.70 bits per heavy atom. The van der Waals surface area contributed by atoms with Crippen LogP contribution in [0.25, 0.3) is 0 Å². The fourth-order valence-corrected chi connectivity index (χ4v) is 4.31. The van der Waals surface area contributed by atoms with E-state index in [9.17, 15) is 26.6 Å². The number of nitrogens with one attached hydrogen (secondary N) is 1.